The van der Waals surface area contributed by atoms with Crippen LogP contribution in [-0.4, -0.2) is 14.8 Å². The molecule has 0 fully saturated rings. The molecular formula is C9H4BrClN4. The average molecular weight is 284 g/mol. The van der Waals surface area contributed by atoms with E-state index < -0.39 is 0 Å². The van der Waals surface area contributed by atoms with Crippen molar-refractivity contribution in [3.8, 4) is 11.9 Å². The Kier molecular flexibility index (Phi) is 2.71. The molecule has 0 atom stereocenters. The maximum absolute atomic E-state index is 8.65. The van der Waals surface area contributed by atoms with E-state index in [0.29, 0.717) is 16.4 Å². The Morgan fingerprint density at radius 3 is 2.87 bits per heavy atom. The first-order valence-corrected chi connectivity index (χ1v) is 5.14. The van der Waals surface area contributed by atoms with Crippen LogP contribution in [0.4, 0.5) is 0 Å². The lowest BCUT2D eigenvalue weighted by molar-refractivity contribution is 0.841. The van der Waals surface area contributed by atoms with Gasteiger partial charge >= 0.3 is 0 Å². The Labute approximate surface area is 99.2 Å². The molecule has 15 heavy (non-hydrogen) atoms. The van der Waals surface area contributed by atoms with Gasteiger partial charge in [0.05, 0.1) is 27.5 Å². The molecule has 2 aromatic heterocycles. The number of rotatable bonds is 1. The van der Waals surface area contributed by atoms with Crippen molar-refractivity contribution in [3.05, 3.63) is 39.7 Å². The summed E-state index contributed by atoms with van der Waals surface area (Å²) in [4.78, 5) is 4.11. The number of nitrogens with zero attached hydrogens (tertiary/aromatic N) is 4. The van der Waals surface area contributed by atoms with E-state index in [0.717, 1.165) is 4.47 Å². The second kappa shape index (κ2) is 4.01. The fourth-order valence-electron chi connectivity index (χ4n) is 1.07. The highest BCUT2D eigenvalue weighted by molar-refractivity contribution is 9.10. The zero-order valence-electron chi connectivity index (χ0n) is 7.35. The third kappa shape index (κ3) is 2.01. The van der Waals surface area contributed by atoms with E-state index in [2.05, 4.69) is 26.0 Å². The monoisotopic (exact) mass is 282 g/mol. The molecule has 0 saturated heterocycles. The van der Waals surface area contributed by atoms with Crippen molar-refractivity contribution < 1.29 is 0 Å². The van der Waals surface area contributed by atoms with E-state index in [1.165, 1.54) is 17.1 Å². The third-order valence-electron chi connectivity index (χ3n) is 1.72. The summed E-state index contributed by atoms with van der Waals surface area (Å²) in [6, 6.07) is 3.72. The molecule has 0 radical (unpaired) electrons. The van der Waals surface area contributed by atoms with Crippen molar-refractivity contribution >= 4 is 27.5 Å². The van der Waals surface area contributed by atoms with E-state index >= 15 is 0 Å². The molecule has 4 nitrogen and oxygen atoms in total. The van der Waals surface area contributed by atoms with Crippen LogP contribution < -0.4 is 0 Å². The molecule has 0 aliphatic rings. The molecule has 0 spiro atoms. The van der Waals surface area contributed by atoms with E-state index in [9.17, 15) is 0 Å². The Balaban J connectivity index is 2.50. The molecule has 0 aliphatic carbocycles. The summed E-state index contributed by atoms with van der Waals surface area (Å²) in [6.07, 6.45) is 4.60. The minimum atomic E-state index is 0.485. The summed E-state index contributed by atoms with van der Waals surface area (Å²) < 4.78 is 2.24. The van der Waals surface area contributed by atoms with Gasteiger partial charge in [0.15, 0.2) is 5.82 Å². The van der Waals surface area contributed by atoms with Crippen LogP contribution in [-0.2, 0) is 0 Å². The van der Waals surface area contributed by atoms with Gasteiger partial charge in [-0.2, -0.15) is 10.4 Å². The summed E-state index contributed by atoms with van der Waals surface area (Å²) >= 11 is 9.09. The smallest absolute Gasteiger partial charge is 0.167 e. The minimum absolute atomic E-state index is 0.485. The van der Waals surface area contributed by atoms with Crippen molar-refractivity contribution in [1.82, 2.24) is 14.8 Å². The molecule has 2 aromatic rings. The first kappa shape index (κ1) is 10.1. The average Bonchev–Trinajstić information content (AvgIpc) is 2.66. The molecule has 0 N–H and O–H groups in total. The largest absolute Gasteiger partial charge is 0.235 e. The Morgan fingerprint density at radius 2 is 2.27 bits per heavy atom. The lowest BCUT2D eigenvalue weighted by Crippen LogP contribution is -1.98. The Morgan fingerprint density at radius 1 is 1.47 bits per heavy atom. The van der Waals surface area contributed by atoms with E-state index in [1.807, 2.05) is 6.07 Å². The number of halogens is 2. The van der Waals surface area contributed by atoms with Crippen LogP contribution in [0, 0.1) is 11.3 Å². The predicted molar refractivity (Wildman–Crippen MR) is 58.8 cm³/mol. The van der Waals surface area contributed by atoms with Crippen molar-refractivity contribution in [1.29, 1.82) is 5.26 Å². The molecule has 2 rings (SSSR count). The number of pyridine rings is 1. The Hall–Kier alpha value is -1.38. The van der Waals surface area contributed by atoms with Crippen LogP contribution in [0.3, 0.4) is 0 Å². The zero-order chi connectivity index (χ0) is 10.8. The standard InChI is InChI=1S/C9H4BrClN4/c10-8-1-7(11)4-13-9(8)15-5-6(2-12)3-14-15/h1,3-5H. The quantitative estimate of drug-likeness (QED) is 0.808. The van der Waals surface area contributed by atoms with Crippen molar-refractivity contribution in [2.24, 2.45) is 0 Å². The van der Waals surface area contributed by atoms with Gasteiger partial charge in [-0.05, 0) is 22.0 Å². The first-order valence-electron chi connectivity index (χ1n) is 3.97. The number of hydrogen-bond donors (Lipinski definition) is 0. The normalized spacial score (nSPS) is 9.93. The summed E-state index contributed by atoms with van der Waals surface area (Å²) in [5.74, 6) is 0.598. The molecule has 2 heterocycles. The van der Waals surface area contributed by atoms with Crippen LogP contribution in [0.1, 0.15) is 5.56 Å². The molecule has 0 unspecified atom stereocenters. The van der Waals surface area contributed by atoms with Crippen LogP contribution in [0.25, 0.3) is 5.82 Å². The molecule has 0 bridgehead atoms. The van der Waals surface area contributed by atoms with Crippen LogP contribution in [0.15, 0.2) is 29.1 Å². The van der Waals surface area contributed by atoms with Gasteiger partial charge in [-0.1, -0.05) is 11.6 Å². The topological polar surface area (TPSA) is 54.5 Å². The van der Waals surface area contributed by atoms with Gasteiger partial charge in [-0.25, -0.2) is 9.67 Å². The lowest BCUT2D eigenvalue weighted by atomic mass is 10.4. The van der Waals surface area contributed by atoms with Crippen LogP contribution >= 0.6 is 27.5 Å². The SMILES string of the molecule is N#Cc1cnn(-c2ncc(Cl)cc2Br)c1. The zero-order valence-corrected chi connectivity index (χ0v) is 9.70. The fourth-order valence-corrected chi connectivity index (χ4v) is 1.89. The minimum Gasteiger partial charge on any atom is -0.235 e. The first-order chi connectivity index (χ1) is 7.20. The van der Waals surface area contributed by atoms with Crippen molar-refractivity contribution in [3.63, 3.8) is 0 Å². The van der Waals surface area contributed by atoms with Gasteiger partial charge in [0.2, 0.25) is 0 Å². The maximum Gasteiger partial charge on any atom is 0.167 e. The summed E-state index contributed by atoms with van der Waals surface area (Å²) in [5, 5.41) is 13.2. The van der Waals surface area contributed by atoms with E-state index in [4.69, 9.17) is 16.9 Å². The molecule has 0 aliphatic heterocycles. The number of hydrogen-bond acceptors (Lipinski definition) is 3. The third-order valence-corrected chi connectivity index (χ3v) is 2.51. The van der Waals surface area contributed by atoms with Gasteiger partial charge in [0, 0.05) is 6.20 Å². The van der Waals surface area contributed by atoms with Gasteiger partial charge < -0.3 is 0 Å². The van der Waals surface area contributed by atoms with Crippen molar-refractivity contribution in [2.75, 3.05) is 0 Å². The maximum atomic E-state index is 8.65. The number of nitriles is 1. The predicted octanol–water partition coefficient (Wildman–Crippen LogP) is 2.55. The van der Waals surface area contributed by atoms with Gasteiger partial charge in [-0.3, -0.25) is 0 Å². The highest BCUT2D eigenvalue weighted by atomic mass is 79.9. The summed E-state index contributed by atoms with van der Waals surface area (Å²) in [6.45, 7) is 0. The van der Waals surface area contributed by atoms with Gasteiger partial charge in [0.25, 0.3) is 0 Å². The van der Waals surface area contributed by atoms with E-state index in [-0.39, 0.29) is 0 Å². The summed E-state index contributed by atoms with van der Waals surface area (Å²) in [7, 11) is 0. The highest BCUT2D eigenvalue weighted by Crippen LogP contribution is 2.21. The fraction of sp³-hybridized carbons (Fsp3) is 0. The van der Waals surface area contributed by atoms with Crippen LogP contribution in [0.2, 0.25) is 5.02 Å². The molecule has 0 amide bonds. The highest BCUT2D eigenvalue weighted by Gasteiger charge is 2.06. The van der Waals surface area contributed by atoms with E-state index in [1.54, 1.807) is 12.3 Å². The van der Waals surface area contributed by atoms with Gasteiger partial charge in [-0.15, -0.1) is 0 Å². The van der Waals surface area contributed by atoms with Gasteiger partial charge in [0.1, 0.15) is 6.07 Å². The lowest BCUT2D eigenvalue weighted by Gasteiger charge is -2.02. The second-order valence-electron chi connectivity index (χ2n) is 2.74. The number of aromatic nitrogens is 3. The molecular weight excluding hydrogens is 279 g/mol. The Bertz CT molecular complexity index is 543. The van der Waals surface area contributed by atoms with Crippen LogP contribution in [0.5, 0.6) is 0 Å². The molecule has 0 aromatic carbocycles. The second-order valence-corrected chi connectivity index (χ2v) is 4.04. The molecule has 0 saturated carbocycles. The molecule has 74 valence electrons. The molecule has 6 heteroatoms. The summed E-state index contributed by atoms with van der Waals surface area (Å²) in [5.41, 5.74) is 0.485. The van der Waals surface area contributed by atoms with Crippen molar-refractivity contribution in [2.45, 2.75) is 0 Å².